The van der Waals surface area contributed by atoms with Gasteiger partial charge in [0.15, 0.2) is 6.23 Å². The molecule has 0 radical (unpaired) electrons. The minimum atomic E-state index is -0.405. The molecule has 0 aliphatic carbocycles. The van der Waals surface area contributed by atoms with Gasteiger partial charge in [-0.2, -0.15) is 0 Å². The number of benzene rings is 1. The summed E-state index contributed by atoms with van der Waals surface area (Å²) in [6.45, 7) is 4.07. The van der Waals surface area contributed by atoms with Crippen molar-refractivity contribution in [2.75, 3.05) is 0 Å². The highest BCUT2D eigenvalue weighted by Crippen LogP contribution is 2.39. The van der Waals surface area contributed by atoms with E-state index in [-0.39, 0.29) is 11.9 Å². The van der Waals surface area contributed by atoms with Crippen molar-refractivity contribution in [1.29, 1.82) is 0 Å². The fourth-order valence-corrected chi connectivity index (χ4v) is 1.45. The van der Waals surface area contributed by atoms with E-state index in [9.17, 15) is 10.1 Å². The molecule has 0 aromatic heterocycles. The van der Waals surface area contributed by atoms with Crippen molar-refractivity contribution < 1.29 is 9.76 Å². The normalized spacial score (nSPS) is 24.2. The first kappa shape index (κ1) is 10.1. The Morgan fingerprint density at radius 1 is 1.40 bits per heavy atom. The molecule has 0 spiro atoms. The van der Waals surface area contributed by atoms with Crippen molar-refractivity contribution >= 4 is 5.69 Å². The number of hydrogen-bond acceptors (Lipinski definition) is 4. The fourth-order valence-electron chi connectivity index (χ4n) is 1.45. The lowest BCUT2D eigenvalue weighted by molar-refractivity contribution is -0.384. The number of rotatable bonds is 3. The molecular formula is C10H12N2O3. The zero-order valence-electron chi connectivity index (χ0n) is 8.58. The van der Waals surface area contributed by atoms with Crippen LogP contribution in [0.25, 0.3) is 0 Å². The SMILES string of the molecule is CC(C)N1OC1c1ccc([N+](=O)[O-])cc1. The monoisotopic (exact) mass is 208 g/mol. The highest BCUT2D eigenvalue weighted by Gasteiger charge is 2.39. The van der Waals surface area contributed by atoms with Crippen LogP contribution in [-0.4, -0.2) is 16.0 Å². The van der Waals surface area contributed by atoms with Crippen LogP contribution in [0.3, 0.4) is 0 Å². The first-order valence-electron chi connectivity index (χ1n) is 4.79. The first-order chi connectivity index (χ1) is 7.09. The summed E-state index contributed by atoms with van der Waals surface area (Å²) in [5.74, 6) is 0. The molecule has 1 heterocycles. The van der Waals surface area contributed by atoms with Gasteiger partial charge < -0.3 is 0 Å². The lowest BCUT2D eigenvalue weighted by atomic mass is 10.2. The Labute approximate surface area is 87.4 Å². The lowest BCUT2D eigenvalue weighted by Crippen LogP contribution is -2.08. The summed E-state index contributed by atoms with van der Waals surface area (Å²) >= 11 is 0. The van der Waals surface area contributed by atoms with E-state index < -0.39 is 4.92 Å². The van der Waals surface area contributed by atoms with Gasteiger partial charge in [-0.1, -0.05) is 0 Å². The van der Waals surface area contributed by atoms with Gasteiger partial charge in [-0.25, -0.2) is 0 Å². The van der Waals surface area contributed by atoms with Gasteiger partial charge in [-0.05, 0) is 26.0 Å². The third kappa shape index (κ3) is 1.98. The maximum Gasteiger partial charge on any atom is 0.269 e. The van der Waals surface area contributed by atoms with Crippen LogP contribution >= 0.6 is 0 Å². The van der Waals surface area contributed by atoms with Crippen molar-refractivity contribution in [3.05, 3.63) is 39.9 Å². The summed E-state index contributed by atoms with van der Waals surface area (Å²) in [6, 6.07) is 6.77. The first-order valence-corrected chi connectivity index (χ1v) is 4.79. The topological polar surface area (TPSA) is 58.7 Å². The number of nitrogens with zero attached hydrogens (tertiary/aromatic N) is 2. The Bertz CT molecular complexity index is 375. The average molecular weight is 208 g/mol. The molecule has 2 unspecified atom stereocenters. The smallest absolute Gasteiger partial charge is 0.269 e. The summed E-state index contributed by atoms with van der Waals surface area (Å²) in [7, 11) is 0. The molecule has 5 nitrogen and oxygen atoms in total. The standard InChI is InChI=1S/C10H12N2O3/c1-7(2)11-10(15-11)8-3-5-9(6-4-8)12(13)14/h3-7,10H,1-2H3. The van der Waals surface area contributed by atoms with Crippen LogP contribution in [0.15, 0.2) is 24.3 Å². The van der Waals surface area contributed by atoms with Crippen molar-refractivity contribution in [2.45, 2.75) is 26.1 Å². The number of nitro groups is 1. The van der Waals surface area contributed by atoms with Crippen LogP contribution < -0.4 is 0 Å². The van der Waals surface area contributed by atoms with Gasteiger partial charge in [0.25, 0.3) is 5.69 Å². The summed E-state index contributed by atoms with van der Waals surface area (Å²) in [6.07, 6.45) is -0.0363. The summed E-state index contributed by atoms with van der Waals surface area (Å²) in [5.41, 5.74) is 1.06. The van der Waals surface area contributed by atoms with Crippen LogP contribution in [0.2, 0.25) is 0 Å². The molecule has 1 aliphatic heterocycles. The number of nitro benzene ring substituents is 1. The van der Waals surface area contributed by atoms with Gasteiger partial charge in [0.2, 0.25) is 0 Å². The summed E-state index contributed by atoms with van der Waals surface area (Å²) < 4.78 is 0. The Kier molecular flexibility index (Phi) is 2.42. The molecule has 5 heteroatoms. The summed E-state index contributed by atoms with van der Waals surface area (Å²) in [5, 5.41) is 12.3. The van der Waals surface area contributed by atoms with Crippen LogP contribution in [-0.2, 0) is 4.84 Å². The van der Waals surface area contributed by atoms with E-state index in [4.69, 9.17) is 4.84 Å². The predicted molar refractivity (Wildman–Crippen MR) is 53.9 cm³/mol. The molecule has 2 atom stereocenters. The second-order valence-corrected chi connectivity index (χ2v) is 3.76. The van der Waals surface area contributed by atoms with Gasteiger partial charge in [-0.15, -0.1) is 5.06 Å². The van der Waals surface area contributed by atoms with Gasteiger partial charge in [0, 0.05) is 23.7 Å². The maximum absolute atomic E-state index is 10.4. The maximum atomic E-state index is 10.4. The quantitative estimate of drug-likeness (QED) is 0.434. The van der Waals surface area contributed by atoms with E-state index in [0.717, 1.165) is 5.56 Å². The zero-order valence-corrected chi connectivity index (χ0v) is 8.58. The molecule has 1 aliphatic rings. The number of hydroxylamine groups is 2. The highest BCUT2D eigenvalue weighted by atomic mass is 16.8. The molecule has 0 saturated carbocycles. The molecule has 0 bridgehead atoms. The third-order valence-corrected chi connectivity index (χ3v) is 2.31. The highest BCUT2D eigenvalue weighted by molar-refractivity contribution is 5.34. The summed E-state index contributed by atoms with van der Waals surface area (Å²) in [4.78, 5) is 15.4. The molecule has 80 valence electrons. The molecular weight excluding hydrogens is 196 g/mol. The van der Waals surface area contributed by atoms with Gasteiger partial charge in [0.05, 0.1) is 4.92 Å². The van der Waals surface area contributed by atoms with E-state index in [2.05, 4.69) is 0 Å². The Morgan fingerprint density at radius 2 is 2.00 bits per heavy atom. The third-order valence-electron chi connectivity index (χ3n) is 2.31. The zero-order chi connectivity index (χ0) is 11.0. The Balaban J connectivity index is 2.09. The average Bonchev–Trinajstić information content (AvgIpc) is 2.97. The Hall–Kier alpha value is -1.46. The Morgan fingerprint density at radius 3 is 2.40 bits per heavy atom. The van der Waals surface area contributed by atoms with Crippen LogP contribution in [0.5, 0.6) is 0 Å². The minimum absolute atomic E-state index is 0.0363. The minimum Gasteiger partial charge on any atom is -0.270 e. The molecule has 2 rings (SSSR count). The molecule has 0 amide bonds. The van der Waals surface area contributed by atoms with Crippen molar-refractivity contribution in [3.8, 4) is 0 Å². The lowest BCUT2D eigenvalue weighted by Gasteiger charge is -2.00. The van der Waals surface area contributed by atoms with E-state index in [1.54, 1.807) is 12.1 Å². The van der Waals surface area contributed by atoms with Crippen molar-refractivity contribution in [3.63, 3.8) is 0 Å². The fraction of sp³-hybridized carbons (Fsp3) is 0.400. The predicted octanol–water partition coefficient (Wildman–Crippen LogP) is 2.25. The van der Waals surface area contributed by atoms with E-state index in [1.807, 2.05) is 18.9 Å². The van der Waals surface area contributed by atoms with Crippen LogP contribution in [0, 0.1) is 10.1 Å². The van der Waals surface area contributed by atoms with Gasteiger partial charge in [0.1, 0.15) is 0 Å². The van der Waals surface area contributed by atoms with Crippen molar-refractivity contribution in [1.82, 2.24) is 5.06 Å². The molecule has 1 fully saturated rings. The van der Waals surface area contributed by atoms with Gasteiger partial charge in [-0.3, -0.25) is 15.0 Å². The second kappa shape index (κ2) is 3.60. The van der Waals surface area contributed by atoms with E-state index >= 15 is 0 Å². The van der Waals surface area contributed by atoms with E-state index in [0.29, 0.717) is 6.04 Å². The van der Waals surface area contributed by atoms with Crippen LogP contribution in [0.4, 0.5) is 5.69 Å². The van der Waals surface area contributed by atoms with Gasteiger partial charge >= 0.3 is 0 Å². The molecule has 15 heavy (non-hydrogen) atoms. The van der Waals surface area contributed by atoms with Crippen LogP contribution in [0.1, 0.15) is 25.6 Å². The molecule has 1 aromatic rings. The second-order valence-electron chi connectivity index (χ2n) is 3.76. The van der Waals surface area contributed by atoms with E-state index in [1.165, 1.54) is 12.1 Å². The number of non-ortho nitro benzene ring substituents is 1. The molecule has 0 N–H and O–H groups in total. The number of hydrogen-bond donors (Lipinski definition) is 0. The largest absolute Gasteiger partial charge is 0.270 e. The van der Waals surface area contributed by atoms with Crippen molar-refractivity contribution in [2.24, 2.45) is 0 Å². The molecule has 1 saturated heterocycles. The molecule has 1 aromatic carbocycles.